The summed E-state index contributed by atoms with van der Waals surface area (Å²) in [4.78, 5) is -0.151. The molecular formula is C11H15ClF3NO3S2. The fourth-order valence-electron chi connectivity index (χ4n) is 1.04. The Bertz CT molecular complexity index is 506. The zero-order valence-corrected chi connectivity index (χ0v) is 13.2. The Balaban J connectivity index is 0.000000384. The first kappa shape index (κ1) is 20.5. The Kier molecular flexibility index (Phi) is 9.30. The van der Waals surface area contributed by atoms with Crippen LogP contribution in [0, 0.1) is 0 Å². The molecule has 0 fully saturated rings. The van der Waals surface area contributed by atoms with E-state index in [0.717, 1.165) is 0 Å². The summed E-state index contributed by atoms with van der Waals surface area (Å²) in [6.45, 7) is 0.471. The molecular weight excluding hydrogens is 351 g/mol. The SMILES string of the molecule is NCCCCSC(F)(F)F.O=S(=O)(O)c1ccc(Cl)cc1. The molecule has 4 nitrogen and oxygen atoms in total. The average Bonchev–Trinajstić information content (AvgIpc) is 2.34. The Morgan fingerprint density at radius 3 is 2.10 bits per heavy atom. The zero-order chi connectivity index (χ0) is 16.5. The molecule has 1 aromatic rings. The number of rotatable bonds is 5. The second-order valence-electron chi connectivity index (χ2n) is 3.72. The van der Waals surface area contributed by atoms with E-state index in [1.165, 1.54) is 24.3 Å². The fraction of sp³-hybridized carbons (Fsp3) is 0.455. The lowest BCUT2D eigenvalue weighted by atomic mass is 10.3. The van der Waals surface area contributed by atoms with Gasteiger partial charge in [0.15, 0.2) is 0 Å². The van der Waals surface area contributed by atoms with E-state index in [4.69, 9.17) is 21.9 Å². The first-order valence-corrected chi connectivity index (χ1v) is 8.50. The van der Waals surface area contributed by atoms with Crippen LogP contribution < -0.4 is 5.73 Å². The van der Waals surface area contributed by atoms with Gasteiger partial charge in [-0.3, -0.25) is 4.55 Å². The van der Waals surface area contributed by atoms with E-state index in [1.54, 1.807) is 0 Å². The van der Waals surface area contributed by atoms with Crippen molar-refractivity contribution in [2.45, 2.75) is 23.2 Å². The van der Waals surface area contributed by atoms with Gasteiger partial charge in [0.2, 0.25) is 0 Å². The normalized spacial score (nSPS) is 11.7. The molecule has 10 heteroatoms. The van der Waals surface area contributed by atoms with Crippen molar-refractivity contribution in [1.82, 2.24) is 0 Å². The van der Waals surface area contributed by atoms with Crippen LogP contribution in [0.15, 0.2) is 29.2 Å². The number of benzene rings is 1. The van der Waals surface area contributed by atoms with Crippen molar-refractivity contribution in [3.8, 4) is 0 Å². The first-order valence-electron chi connectivity index (χ1n) is 5.70. The predicted molar refractivity (Wildman–Crippen MR) is 78.1 cm³/mol. The van der Waals surface area contributed by atoms with Gasteiger partial charge in [0.1, 0.15) is 0 Å². The highest BCUT2D eigenvalue weighted by molar-refractivity contribution is 8.00. The molecule has 0 bridgehead atoms. The maximum absolute atomic E-state index is 11.4. The van der Waals surface area contributed by atoms with Gasteiger partial charge in [-0.15, -0.1) is 0 Å². The molecule has 122 valence electrons. The zero-order valence-electron chi connectivity index (χ0n) is 10.8. The molecule has 0 unspecified atom stereocenters. The molecule has 0 heterocycles. The van der Waals surface area contributed by atoms with Crippen molar-refractivity contribution in [1.29, 1.82) is 0 Å². The molecule has 0 saturated carbocycles. The van der Waals surface area contributed by atoms with Crippen molar-refractivity contribution in [3.63, 3.8) is 0 Å². The van der Waals surface area contributed by atoms with Gasteiger partial charge in [-0.05, 0) is 43.7 Å². The lowest BCUT2D eigenvalue weighted by molar-refractivity contribution is -0.0328. The first-order chi connectivity index (χ1) is 9.56. The third-order valence-corrected chi connectivity index (χ3v) is 3.92. The highest BCUT2D eigenvalue weighted by Crippen LogP contribution is 2.30. The number of hydrogen-bond acceptors (Lipinski definition) is 4. The van der Waals surface area contributed by atoms with Gasteiger partial charge in [0, 0.05) is 10.8 Å². The van der Waals surface area contributed by atoms with Crippen LogP contribution in [0.25, 0.3) is 0 Å². The molecule has 1 aromatic carbocycles. The summed E-state index contributed by atoms with van der Waals surface area (Å²) in [6, 6.07) is 5.25. The van der Waals surface area contributed by atoms with Crippen LogP contribution in [0.1, 0.15) is 12.8 Å². The predicted octanol–water partition coefficient (Wildman–Crippen LogP) is 3.57. The molecule has 0 atom stereocenters. The van der Waals surface area contributed by atoms with Crippen LogP contribution in [0.4, 0.5) is 13.2 Å². The van der Waals surface area contributed by atoms with E-state index in [2.05, 4.69) is 0 Å². The van der Waals surface area contributed by atoms with Crippen molar-refractivity contribution in [2.24, 2.45) is 5.73 Å². The van der Waals surface area contributed by atoms with E-state index < -0.39 is 15.6 Å². The summed E-state index contributed by atoms with van der Waals surface area (Å²) in [6.07, 6.45) is 1.21. The number of halogens is 4. The third-order valence-electron chi connectivity index (χ3n) is 1.98. The largest absolute Gasteiger partial charge is 0.441 e. The highest BCUT2D eigenvalue weighted by atomic mass is 35.5. The van der Waals surface area contributed by atoms with Gasteiger partial charge < -0.3 is 5.73 Å². The number of thioether (sulfide) groups is 1. The van der Waals surface area contributed by atoms with Crippen molar-refractivity contribution < 1.29 is 26.1 Å². The van der Waals surface area contributed by atoms with E-state index in [9.17, 15) is 21.6 Å². The second-order valence-corrected chi connectivity index (χ2v) is 6.74. The van der Waals surface area contributed by atoms with Crippen molar-refractivity contribution in [2.75, 3.05) is 12.3 Å². The molecule has 0 spiro atoms. The summed E-state index contributed by atoms with van der Waals surface area (Å²) in [5.74, 6) is 0.126. The molecule has 0 saturated heterocycles. The van der Waals surface area contributed by atoms with E-state index in [1.807, 2.05) is 0 Å². The van der Waals surface area contributed by atoms with Crippen molar-refractivity contribution >= 4 is 33.5 Å². The fourth-order valence-corrected chi connectivity index (χ4v) is 2.23. The number of nitrogens with two attached hydrogens (primary N) is 1. The summed E-state index contributed by atoms with van der Waals surface area (Å²) in [5.41, 5.74) is 1.01. The standard InChI is InChI=1S/C6H5ClO3S.C5H10F3NS/c7-5-1-3-6(4-2-5)11(8,9)10;6-5(7,8)10-4-2-1-3-9/h1-4H,(H,8,9,10);1-4,9H2. The average molecular weight is 366 g/mol. The van der Waals surface area contributed by atoms with Crippen LogP contribution in [-0.4, -0.2) is 30.8 Å². The molecule has 0 aliphatic rings. The van der Waals surface area contributed by atoms with Gasteiger partial charge >= 0.3 is 5.51 Å². The van der Waals surface area contributed by atoms with Crippen LogP contribution in [0.2, 0.25) is 5.02 Å². The maximum Gasteiger partial charge on any atom is 0.441 e. The van der Waals surface area contributed by atoms with E-state index in [-0.39, 0.29) is 22.4 Å². The monoisotopic (exact) mass is 365 g/mol. The minimum absolute atomic E-state index is 0.0180. The lowest BCUT2D eigenvalue weighted by Crippen LogP contribution is -2.03. The van der Waals surface area contributed by atoms with Gasteiger partial charge in [0.25, 0.3) is 10.1 Å². The summed E-state index contributed by atoms with van der Waals surface area (Å²) in [7, 11) is -4.08. The molecule has 0 aromatic heterocycles. The molecule has 0 radical (unpaired) electrons. The number of alkyl halides is 3. The van der Waals surface area contributed by atoms with Crippen LogP contribution in [-0.2, 0) is 10.1 Å². The van der Waals surface area contributed by atoms with Gasteiger partial charge in [-0.25, -0.2) is 0 Å². The molecule has 21 heavy (non-hydrogen) atoms. The molecule has 1 rings (SSSR count). The maximum atomic E-state index is 11.4. The Morgan fingerprint density at radius 2 is 1.71 bits per heavy atom. The van der Waals surface area contributed by atoms with Crippen LogP contribution in [0.3, 0.4) is 0 Å². The summed E-state index contributed by atoms with van der Waals surface area (Å²) >= 11 is 5.50. The Morgan fingerprint density at radius 1 is 1.19 bits per heavy atom. The molecule has 3 N–H and O–H groups in total. The van der Waals surface area contributed by atoms with Crippen LogP contribution >= 0.6 is 23.4 Å². The second kappa shape index (κ2) is 9.52. The minimum atomic E-state index is -4.08. The number of unbranched alkanes of at least 4 members (excludes halogenated alkanes) is 1. The summed E-state index contributed by atoms with van der Waals surface area (Å²) < 4.78 is 63.7. The van der Waals surface area contributed by atoms with E-state index >= 15 is 0 Å². The topological polar surface area (TPSA) is 80.4 Å². The van der Waals surface area contributed by atoms with Gasteiger partial charge in [-0.2, -0.15) is 21.6 Å². The number of hydrogen-bond donors (Lipinski definition) is 2. The molecule has 0 aliphatic carbocycles. The molecule has 0 amide bonds. The smallest absolute Gasteiger partial charge is 0.330 e. The van der Waals surface area contributed by atoms with Crippen LogP contribution in [0.5, 0.6) is 0 Å². The van der Waals surface area contributed by atoms with Gasteiger partial charge in [0.05, 0.1) is 4.90 Å². The lowest BCUT2D eigenvalue weighted by Gasteiger charge is -2.03. The Labute approximate surface area is 130 Å². The van der Waals surface area contributed by atoms with E-state index in [0.29, 0.717) is 24.4 Å². The van der Waals surface area contributed by atoms with Gasteiger partial charge in [-0.1, -0.05) is 23.4 Å². The molecule has 0 aliphatic heterocycles. The highest BCUT2D eigenvalue weighted by Gasteiger charge is 2.27. The quantitative estimate of drug-likeness (QED) is 0.616. The Hall–Kier alpha value is -0.480. The third kappa shape index (κ3) is 11.8. The minimum Gasteiger partial charge on any atom is -0.330 e. The van der Waals surface area contributed by atoms with Crippen molar-refractivity contribution in [3.05, 3.63) is 29.3 Å². The summed E-state index contributed by atoms with van der Waals surface area (Å²) in [5, 5.41) is 0.428.